The largest absolute Gasteiger partial charge is 0.369 e. The van der Waals surface area contributed by atoms with Crippen molar-refractivity contribution in [3.63, 3.8) is 0 Å². The Bertz CT molecular complexity index is 721. The van der Waals surface area contributed by atoms with Crippen molar-refractivity contribution < 1.29 is 5.11 Å². The molecule has 0 aliphatic heterocycles. The fraction of sp³-hybridized carbons (Fsp3) is 0.182. The summed E-state index contributed by atoms with van der Waals surface area (Å²) in [5, 5.41) is 21.4. The monoisotopic (exact) mass is 322 g/mol. The molecule has 0 saturated heterocycles. The minimum absolute atomic E-state index is 0.560. The normalized spacial score (nSPS) is 12.8. The smallest absolute Gasteiger partial charge is 0.164 e. The van der Waals surface area contributed by atoms with Crippen LogP contribution in [0.1, 0.15) is 11.8 Å². The van der Waals surface area contributed by atoms with Crippen molar-refractivity contribution in [2.45, 2.75) is 6.23 Å². The van der Waals surface area contributed by atoms with Crippen LogP contribution in [0.15, 0.2) is 35.3 Å². The molecule has 0 spiro atoms. The van der Waals surface area contributed by atoms with Crippen LogP contribution in [0.3, 0.4) is 0 Å². The molecule has 0 aromatic carbocycles. The van der Waals surface area contributed by atoms with E-state index in [1.54, 1.807) is 47.1 Å². The fourth-order valence-electron chi connectivity index (χ4n) is 1.80. The van der Waals surface area contributed by atoms with Crippen molar-refractivity contribution in [1.29, 1.82) is 0 Å². The molecule has 98 valence electrons. The molecular weight excluding hydrogens is 312 g/mol. The van der Waals surface area contributed by atoms with Gasteiger partial charge in [0.05, 0.1) is 16.2 Å². The molecule has 0 radical (unpaired) electrons. The van der Waals surface area contributed by atoms with E-state index in [0.29, 0.717) is 17.0 Å². The Hall–Kier alpha value is -1.93. The molecule has 1 atom stereocenters. The maximum absolute atomic E-state index is 10.2. The molecule has 0 aliphatic carbocycles. The summed E-state index contributed by atoms with van der Waals surface area (Å²) >= 11 is 3.37. The Morgan fingerprint density at radius 2 is 2.32 bits per heavy atom. The van der Waals surface area contributed by atoms with E-state index in [1.807, 2.05) is 0 Å². The Kier molecular flexibility index (Phi) is 2.96. The number of aromatic nitrogens is 5. The van der Waals surface area contributed by atoms with E-state index < -0.39 is 6.23 Å². The number of hydrogen-bond donors (Lipinski definition) is 2. The minimum Gasteiger partial charge on any atom is -0.369 e. The predicted molar refractivity (Wildman–Crippen MR) is 72.5 cm³/mol. The van der Waals surface area contributed by atoms with E-state index >= 15 is 0 Å². The number of anilines is 1. The van der Waals surface area contributed by atoms with Gasteiger partial charge < -0.3 is 10.4 Å². The van der Waals surface area contributed by atoms with Crippen LogP contribution >= 0.6 is 15.9 Å². The number of hydrogen-bond acceptors (Lipinski definition) is 5. The summed E-state index contributed by atoms with van der Waals surface area (Å²) in [5.41, 5.74) is 1.20. The number of aliphatic hydroxyl groups excluding tert-OH is 1. The summed E-state index contributed by atoms with van der Waals surface area (Å²) in [7, 11) is 1.80. The third kappa shape index (κ3) is 2.20. The zero-order chi connectivity index (χ0) is 13.4. The Labute approximate surface area is 117 Å². The zero-order valence-electron chi connectivity index (χ0n) is 10.0. The molecule has 8 heteroatoms. The second-order valence-electron chi connectivity index (χ2n) is 4.03. The molecule has 3 aromatic rings. The molecule has 3 aromatic heterocycles. The summed E-state index contributed by atoms with van der Waals surface area (Å²) in [6, 6.07) is 1.78. The average molecular weight is 323 g/mol. The van der Waals surface area contributed by atoms with Gasteiger partial charge in [0.15, 0.2) is 17.7 Å². The maximum Gasteiger partial charge on any atom is 0.164 e. The van der Waals surface area contributed by atoms with Gasteiger partial charge in [0.2, 0.25) is 0 Å². The summed E-state index contributed by atoms with van der Waals surface area (Å²) in [6.07, 6.45) is 5.87. The molecular formula is C11H11BrN6O. The average Bonchev–Trinajstić information content (AvgIpc) is 2.93. The Morgan fingerprint density at radius 3 is 3.05 bits per heavy atom. The standard InChI is InChI=1S/C11H11BrN6O/c1-17-6-8(12)9(16-17)15-11(19)7-5-14-18-4-2-3-13-10(7)18/h2-6,11,19H,1H3,(H,15,16). The first-order valence-electron chi connectivity index (χ1n) is 5.57. The highest BCUT2D eigenvalue weighted by Gasteiger charge is 2.16. The molecule has 0 aliphatic rings. The number of rotatable bonds is 3. The third-order valence-corrected chi connectivity index (χ3v) is 3.24. The van der Waals surface area contributed by atoms with Crippen LogP contribution in [0.25, 0.3) is 5.65 Å². The van der Waals surface area contributed by atoms with Gasteiger partial charge in [0.1, 0.15) is 0 Å². The van der Waals surface area contributed by atoms with Gasteiger partial charge in [-0.05, 0) is 22.0 Å². The lowest BCUT2D eigenvalue weighted by Crippen LogP contribution is -2.10. The van der Waals surface area contributed by atoms with Crippen molar-refractivity contribution in [2.24, 2.45) is 7.05 Å². The number of halogens is 1. The topological polar surface area (TPSA) is 80.3 Å². The number of nitrogens with one attached hydrogen (secondary N) is 1. The van der Waals surface area contributed by atoms with E-state index in [0.717, 1.165) is 4.47 Å². The van der Waals surface area contributed by atoms with Crippen molar-refractivity contribution in [3.05, 3.63) is 40.9 Å². The lowest BCUT2D eigenvalue weighted by molar-refractivity contribution is 0.209. The zero-order valence-corrected chi connectivity index (χ0v) is 11.6. The maximum atomic E-state index is 10.2. The Balaban J connectivity index is 1.92. The van der Waals surface area contributed by atoms with E-state index in [-0.39, 0.29) is 0 Å². The third-order valence-electron chi connectivity index (χ3n) is 2.66. The van der Waals surface area contributed by atoms with Gasteiger partial charge in [-0.1, -0.05) is 0 Å². The van der Waals surface area contributed by atoms with Gasteiger partial charge in [-0.25, -0.2) is 9.50 Å². The van der Waals surface area contributed by atoms with Crippen molar-refractivity contribution in [2.75, 3.05) is 5.32 Å². The van der Waals surface area contributed by atoms with E-state index in [2.05, 4.69) is 36.4 Å². The van der Waals surface area contributed by atoms with Crippen LogP contribution in [0.4, 0.5) is 5.82 Å². The molecule has 0 fully saturated rings. The van der Waals surface area contributed by atoms with Crippen LogP contribution in [0.5, 0.6) is 0 Å². The van der Waals surface area contributed by atoms with Gasteiger partial charge in [-0.3, -0.25) is 4.68 Å². The highest BCUT2D eigenvalue weighted by atomic mass is 79.9. The first kappa shape index (κ1) is 12.1. The molecule has 0 amide bonds. The molecule has 0 saturated carbocycles. The predicted octanol–water partition coefficient (Wildman–Crippen LogP) is 1.33. The molecule has 19 heavy (non-hydrogen) atoms. The molecule has 2 N–H and O–H groups in total. The van der Waals surface area contributed by atoms with Crippen LogP contribution in [-0.4, -0.2) is 29.5 Å². The lowest BCUT2D eigenvalue weighted by Gasteiger charge is -2.10. The summed E-state index contributed by atoms with van der Waals surface area (Å²) in [6.45, 7) is 0. The van der Waals surface area contributed by atoms with E-state index in [9.17, 15) is 5.11 Å². The first-order valence-corrected chi connectivity index (χ1v) is 6.36. The quantitative estimate of drug-likeness (QED) is 0.711. The molecule has 1 unspecified atom stereocenters. The highest BCUT2D eigenvalue weighted by Crippen LogP contribution is 2.24. The summed E-state index contributed by atoms with van der Waals surface area (Å²) in [5.74, 6) is 0.560. The Morgan fingerprint density at radius 1 is 1.47 bits per heavy atom. The first-order chi connectivity index (χ1) is 9.15. The molecule has 0 bridgehead atoms. The van der Waals surface area contributed by atoms with E-state index in [1.165, 1.54) is 0 Å². The molecule has 7 nitrogen and oxygen atoms in total. The number of fused-ring (bicyclic) bond motifs is 1. The molecule has 3 heterocycles. The minimum atomic E-state index is -0.932. The van der Waals surface area contributed by atoms with Crippen LogP contribution in [0.2, 0.25) is 0 Å². The van der Waals surface area contributed by atoms with Crippen molar-refractivity contribution in [3.8, 4) is 0 Å². The SMILES string of the molecule is Cn1cc(Br)c(NC(O)c2cnn3cccnc23)n1. The van der Waals surface area contributed by atoms with Gasteiger partial charge in [0, 0.05) is 25.6 Å². The summed E-state index contributed by atoms with van der Waals surface area (Å²) in [4.78, 5) is 4.19. The second kappa shape index (κ2) is 4.63. The van der Waals surface area contributed by atoms with Crippen LogP contribution in [0, 0.1) is 0 Å². The van der Waals surface area contributed by atoms with Gasteiger partial charge in [-0.2, -0.15) is 10.2 Å². The van der Waals surface area contributed by atoms with Gasteiger partial charge in [-0.15, -0.1) is 0 Å². The fourth-order valence-corrected chi connectivity index (χ4v) is 2.29. The van der Waals surface area contributed by atoms with Crippen LogP contribution < -0.4 is 5.32 Å². The van der Waals surface area contributed by atoms with Gasteiger partial charge in [0.25, 0.3) is 0 Å². The summed E-state index contributed by atoms with van der Waals surface area (Å²) < 4.78 is 4.03. The lowest BCUT2D eigenvalue weighted by atomic mass is 10.3. The van der Waals surface area contributed by atoms with Crippen LogP contribution in [-0.2, 0) is 7.05 Å². The number of nitrogens with zero attached hydrogens (tertiary/aromatic N) is 5. The van der Waals surface area contributed by atoms with Crippen molar-refractivity contribution in [1.82, 2.24) is 24.4 Å². The van der Waals surface area contributed by atoms with E-state index in [4.69, 9.17) is 0 Å². The van der Waals surface area contributed by atoms with Gasteiger partial charge >= 0.3 is 0 Å². The highest BCUT2D eigenvalue weighted by molar-refractivity contribution is 9.10. The second-order valence-corrected chi connectivity index (χ2v) is 4.89. The van der Waals surface area contributed by atoms with Crippen molar-refractivity contribution >= 4 is 27.4 Å². The number of aryl methyl sites for hydroxylation is 1. The molecule has 3 rings (SSSR count). The number of aliphatic hydroxyl groups is 1.